The van der Waals surface area contributed by atoms with Crippen molar-refractivity contribution in [1.82, 2.24) is 15.5 Å². The van der Waals surface area contributed by atoms with E-state index in [4.69, 9.17) is 0 Å². The van der Waals surface area contributed by atoms with Crippen molar-refractivity contribution in [2.24, 2.45) is 0 Å². The minimum Gasteiger partial charge on any atom is -0.354 e. The Labute approximate surface area is 117 Å². The Hall–Kier alpha value is -0.610. The Morgan fingerprint density at radius 1 is 1.05 bits per heavy atom. The third-order valence-corrected chi connectivity index (χ3v) is 4.64. The topological polar surface area (TPSA) is 44.4 Å². The van der Waals surface area contributed by atoms with Gasteiger partial charge in [0, 0.05) is 38.1 Å². The second kappa shape index (κ2) is 7.25. The third-order valence-electron chi connectivity index (χ3n) is 4.64. The number of hydrogen-bond donors (Lipinski definition) is 2. The summed E-state index contributed by atoms with van der Waals surface area (Å²) in [5, 5.41) is 6.62. The van der Waals surface area contributed by atoms with Crippen LogP contribution in [0.25, 0.3) is 0 Å². The van der Waals surface area contributed by atoms with Crippen LogP contribution < -0.4 is 10.6 Å². The third kappa shape index (κ3) is 4.46. The van der Waals surface area contributed by atoms with Crippen molar-refractivity contribution >= 4 is 5.91 Å². The van der Waals surface area contributed by atoms with Gasteiger partial charge in [-0.15, -0.1) is 0 Å². The predicted molar refractivity (Wildman–Crippen MR) is 78.1 cm³/mol. The maximum absolute atomic E-state index is 11.1. The molecule has 4 nitrogen and oxygen atoms in total. The molecule has 0 radical (unpaired) electrons. The monoisotopic (exact) mass is 267 g/mol. The van der Waals surface area contributed by atoms with Gasteiger partial charge in [-0.05, 0) is 45.1 Å². The normalized spacial score (nSPS) is 30.2. The van der Waals surface area contributed by atoms with Crippen molar-refractivity contribution < 1.29 is 4.79 Å². The standard InChI is InChI=1S/C15H29N3O/c1-3-16-13-4-6-15(7-5-13)18-10-8-14(9-11-18)17-12(2)19/h13-16H,3-11H2,1-2H3,(H,17,19). The summed E-state index contributed by atoms with van der Waals surface area (Å²) in [6.45, 7) is 7.22. The van der Waals surface area contributed by atoms with Gasteiger partial charge in [0.2, 0.25) is 5.91 Å². The van der Waals surface area contributed by atoms with Crippen molar-refractivity contribution in [2.45, 2.75) is 70.5 Å². The molecule has 2 N–H and O–H groups in total. The number of rotatable bonds is 4. The Morgan fingerprint density at radius 3 is 2.21 bits per heavy atom. The van der Waals surface area contributed by atoms with E-state index < -0.39 is 0 Å². The lowest BCUT2D eigenvalue weighted by molar-refractivity contribution is -0.120. The van der Waals surface area contributed by atoms with Gasteiger partial charge in [0.1, 0.15) is 0 Å². The molecule has 0 aromatic carbocycles. The second-order valence-corrected chi connectivity index (χ2v) is 6.07. The lowest BCUT2D eigenvalue weighted by Gasteiger charge is -2.41. The number of amides is 1. The fourth-order valence-electron chi connectivity index (χ4n) is 3.63. The molecule has 1 aliphatic carbocycles. The predicted octanol–water partition coefficient (Wildman–Crippen LogP) is 1.51. The molecule has 0 spiro atoms. The summed E-state index contributed by atoms with van der Waals surface area (Å²) in [5.41, 5.74) is 0. The fraction of sp³-hybridized carbons (Fsp3) is 0.933. The van der Waals surface area contributed by atoms with Crippen LogP contribution in [0, 0.1) is 0 Å². The molecule has 2 fully saturated rings. The van der Waals surface area contributed by atoms with Gasteiger partial charge in [-0.3, -0.25) is 4.79 Å². The number of carbonyl (C=O) groups is 1. The highest BCUT2D eigenvalue weighted by Crippen LogP contribution is 2.25. The smallest absolute Gasteiger partial charge is 0.217 e. The van der Waals surface area contributed by atoms with Gasteiger partial charge in [-0.25, -0.2) is 0 Å². The average Bonchev–Trinajstić information content (AvgIpc) is 2.40. The summed E-state index contributed by atoms with van der Waals surface area (Å²) >= 11 is 0. The van der Waals surface area contributed by atoms with E-state index in [1.165, 1.54) is 25.7 Å². The molecule has 0 aromatic rings. The van der Waals surface area contributed by atoms with Crippen molar-refractivity contribution in [1.29, 1.82) is 0 Å². The van der Waals surface area contributed by atoms with Crippen LogP contribution in [0.2, 0.25) is 0 Å². The maximum Gasteiger partial charge on any atom is 0.217 e. The summed E-state index contributed by atoms with van der Waals surface area (Å²) < 4.78 is 0. The van der Waals surface area contributed by atoms with E-state index in [1.54, 1.807) is 6.92 Å². The number of piperidine rings is 1. The molecule has 19 heavy (non-hydrogen) atoms. The molecular weight excluding hydrogens is 238 g/mol. The lowest BCUT2D eigenvalue weighted by Crippen LogP contribution is -2.49. The van der Waals surface area contributed by atoms with Crippen molar-refractivity contribution in [3.8, 4) is 0 Å². The van der Waals surface area contributed by atoms with Crippen LogP contribution in [-0.4, -0.2) is 48.6 Å². The molecule has 0 bridgehead atoms. The molecule has 110 valence electrons. The highest BCUT2D eigenvalue weighted by molar-refractivity contribution is 5.73. The van der Waals surface area contributed by atoms with Crippen molar-refractivity contribution in [3.05, 3.63) is 0 Å². The van der Waals surface area contributed by atoms with E-state index in [9.17, 15) is 4.79 Å². The first kappa shape index (κ1) is 14.8. The van der Waals surface area contributed by atoms with Crippen LogP contribution in [-0.2, 0) is 4.79 Å². The van der Waals surface area contributed by atoms with Gasteiger partial charge >= 0.3 is 0 Å². The van der Waals surface area contributed by atoms with Crippen LogP contribution >= 0.6 is 0 Å². The fourth-order valence-corrected chi connectivity index (χ4v) is 3.63. The van der Waals surface area contributed by atoms with E-state index in [0.29, 0.717) is 6.04 Å². The molecule has 1 amide bonds. The molecule has 1 aliphatic heterocycles. The quantitative estimate of drug-likeness (QED) is 0.811. The summed E-state index contributed by atoms with van der Waals surface area (Å²) in [6, 6.07) is 1.94. The minimum absolute atomic E-state index is 0.115. The zero-order valence-corrected chi connectivity index (χ0v) is 12.5. The van der Waals surface area contributed by atoms with Gasteiger partial charge in [-0.2, -0.15) is 0 Å². The molecule has 1 saturated heterocycles. The Kier molecular flexibility index (Phi) is 5.64. The molecule has 2 aliphatic rings. The van der Waals surface area contributed by atoms with Gasteiger partial charge in [-0.1, -0.05) is 6.92 Å². The van der Waals surface area contributed by atoms with Crippen molar-refractivity contribution in [3.63, 3.8) is 0 Å². The number of hydrogen-bond acceptors (Lipinski definition) is 3. The first-order valence-corrected chi connectivity index (χ1v) is 7.93. The Bertz CT molecular complexity index is 279. The van der Waals surface area contributed by atoms with E-state index >= 15 is 0 Å². The van der Waals surface area contributed by atoms with Gasteiger partial charge in [0.05, 0.1) is 0 Å². The van der Waals surface area contributed by atoms with Gasteiger partial charge in [0.25, 0.3) is 0 Å². The number of nitrogens with zero attached hydrogens (tertiary/aromatic N) is 1. The molecule has 2 rings (SSSR count). The number of carbonyl (C=O) groups excluding carboxylic acids is 1. The minimum atomic E-state index is 0.115. The first-order chi connectivity index (χ1) is 9.19. The van der Waals surface area contributed by atoms with E-state index in [-0.39, 0.29) is 5.91 Å². The largest absolute Gasteiger partial charge is 0.354 e. The van der Waals surface area contributed by atoms with Crippen LogP contribution in [0.3, 0.4) is 0 Å². The van der Waals surface area contributed by atoms with E-state index in [1.807, 2.05) is 0 Å². The Balaban J connectivity index is 1.69. The molecule has 0 atom stereocenters. The zero-order chi connectivity index (χ0) is 13.7. The van der Waals surface area contributed by atoms with Crippen molar-refractivity contribution in [2.75, 3.05) is 19.6 Å². The van der Waals surface area contributed by atoms with E-state index in [2.05, 4.69) is 22.5 Å². The SMILES string of the molecule is CCNC1CCC(N2CCC(NC(C)=O)CC2)CC1. The highest BCUT2D eigenvalue weighted by Gasteiger charge is 2.28. The second-order valence-electron chi connectivity index (χ2n) is 6.07. The average molecular weight is 267 g/mol. The summed E-state index contributed by atoms with van der Waals surface area (Å²) in [6.07, 6.45) is 7.55. The van der Waals surface area contributed by atoms with Gasteiger partial charge < -0.3 is 15.5 Å². The summed E-state index contributed by atoms with van der Waals surface area (Å²) in [4.78, 5) is 13.7. The zero-order valence-electron chi connectivity index (χ0n) is 12.5. The maximum atomic E-state index is 11.1. The molecular formula is C15H29N3O. The van der Waals surface area contributed by atoms with Crippen LogP contribution in [0.1, 0.15) is 52.4 Å². The number of nitrogens with one attached hydrogen (secondary N) is 2. The molecule has 1 heterocycles. The van der Waals surface area contributed by atoms with Crippen LogP contribution in [0.4, 0.5) is 0 Å². The molecule has 4 heteroatoms. The molecule has 0 unspecified atom stereocenters. The van der Waals surface area contributed by atoms with E-state index in [0.717, 1.165) is 44.6 Å². The Morgan fingerprint density at radius 2 is 1.68 bits per heavy atom. The highest BCUT2D eigenvalue weighted by atomic mass is 16.1. The number of likely N-dealkylation sites (tertiary alicyclic amines) is 1. The summed E-state index contributed by atoms with van der Waals surface area (Å²) in [5.74, 6) is 0.115. The molecule has 1 saturated carbocycles. The van der Waals surface area contributed by atoms with Crippen LogP contribution in [0.15, 0.2) is 0 Å². The van der Waals surface area contributed by atoms with Crippen LogP contribution in [0.5, 0.6) is 0 Å². The lowest BCUT2D eigenvalue weighted by atomic mass is 9.88. The summed E-state index contributed by atoms with van der Waals surface area (Å²) in [7, 11) is 0. The first-order valence-electron chi connectivity index (χ1n) is 7.93. The van der Waals surface area contributed by atoms with Gasteiger partial charge in [0.15, 0.2) is 0 Å². The molecule has 0 aromatic heterocycles.